The minimum absolute atomic E-state index is 0.868. The molecule has 2 heteroatoms. The lowest BCUT2D eigenvalue weighted by Gasteiger charge is -2.20. The molecule has 0 aromatic heterocycles. The van der Waals surface area contributed by atoms with Crippen molar-refractivity contribution in [2.75, 3.05) is 6.61 Å². The highest BCUT2D eigenvalue weighted by Crippen LogP contribution is 2.28. The molecule has 1 aliphatic heterocycles. The van der Waals surface area contributed by atoms with Crippen LogP contribution in [0.2, 0.25) is 24.7 Å². The summed E-state index contributed by atoms with van der Waals surface area (Å²) in [6, 6.07) is 14.2. The Bertz CT molecular complexity index is 337. The van der Waals surface area contributed by atoms with Crippen molar-refractivity contribution in [3.8, 4) is 5.75 Å². The van der Waals surface area contributed by atoms with Crippen molar-refractivity contribution in [1.82, 2.24) is 0 Å². The van der Waals surface area contributed by atoms with Gasteiger partial charge < -0.3 is 4.74 Å². The Morgan fingerprint density at radius 1 is 1.12 bits per heavy atom. The largest absolute Gasteiger partial charge is 0.494 e. The first-order chi connectivity index (χ1) is 7.79. The van der Waals surface area contributed by atoms with Gasteiger partial charge in [-0.25, -0.2) is 0 Å². The predicted octanol–water partition coefficient (Wildman–Crippen LogP) is 4.10. The molecule has 0 radical (unpaired) electrons. The number of ether oxygens (including phenoxy) is 1. The minimum atomic E-state index is -0.916. The van der Waals surface area contributed by atoms with E-state index in [1.54, 1.807) is 0 Å². The Balaban J connectivity index is 1.66. The van der Waals surface area contributed by atoms with Crippen LogP contribution in [-0.2, 0) is 0 Å². The zero-order valence-corrected chi connectivity index (χ0v) is 11.0. The third kappa shape index (κ3) is 3.24. The van der Waals surface area contributed by atoms with Crippen LogP contribution in [-0.4, -0.2) is 14.7 Å². The molecular weight excluding hydrogens is 212 g/mol. The maximum absolute atomic E-state index is 5.71. The summed E-state index contributed by atoms with van der Waals surface area (Å²) in [5, 5.41) is 0. The third-order valence-electron chi connectivity index (χ3n) is 3.32. The number of benzene rings is 1. The summed E-state index contributed by atoms with van der Waals surface area (Å²) in [7, 11) is -0.916. The van der Waals surface area contributed by atoms with Crippen molar-refractivity contribution in [3.63, 3.8) is 0 Å². The first-order valence-electron chi connectivity index (χ1n) is 6.11. The summed E-state index contributed by atoms with van der Waals surface area (Å²) in [5.74, 6) is 0.999. The maximum Gasteiger partial charge on any atom is 0.119 e. The fourth-order valence-corrected chi connectivity index (χ4v) is 5.27. The van der Waals surface area contributed by atoms with Crippen molar-refractivity contribution in [2.24, 2.45) is 0 Å². The SMILES string of the molecule is C[Si]1(CCCOc2ccccc2)CC=CC1. The fraction of sp³-hybridized carbons (Fsp3) is 0.429. The molecule has 0 saturated carbocycles. The number of rotatable bonds is 5. The Morgan fingerprint density at radius 2 is 1.81 bits per heavy atom. The van der Waals surface area contributed by atoms with Gasteiger partial charge in [0.15, 0.2) is 0 Å². The molecule has 0 aliphatic carbocycles. The number of allylic oxidation sites excluding steroid dienone is 2. The lowest BCUT2D eigenvalue weighted by molar-refractivity contribution is 0.316. The quantitative estimate of drug-likeness (QED) is 0.422. The van der Waals surface area contributed by atoms with E-state index < -0.39 is 8.07 Å². The summed E-state index contributed by atoms with van der Waals surface area (Å²) in [6.07, 6.45) is 5.94. The highest BCUT2D eigenvalue weighted by Gasteiger charge is 2.26. The maximum atomic E-state index is 5.71. The second-order valence-corrected chi connectivity index (χ2v) is 9.89. The van der Waals surface area contributed by atoms with Gasteiger partial charge in [0.1, 0.15) is 5.75 Å². The summed E-state index contributed by atoms with van der Waals surface area (Å²) in [6.45, 7) is 3.38. The predicted molar refractivity (Wildman–Crippen MR) is 71.7 cm³/mol. The van der Waals surface area contributed by atoms with Crippen LogP contribution in [0, 0.1) is 0 Å². The van der Waals surface area contributed by atoms with Crippen LogP contribution < -0.4 is 4.74 Å². The molecule has 1 heterocycles. The molecule has 0 amide bonds. The molecule has 0 unspecified atom stereocenters. The topological polar surface area (TPSA) is 9.23 Å². The van der Waals surface area contributed by atoms with E-state index in [0.717, 1.165) is 12.4 Å². The van der Waals surface area contributed by atoms with E-state index in [1.807, 2.05) is 30.3 Å². The molecule has 16 heavy (non-hydrogen) atoms. The molecule has 1 aromatic carbocycles. The Kier molecular flexibility index (Phi) is 3.83. The van der Waals surface area contributed by atoms with Crippen LogP contribution in [0.5, 0.6) is 5.75 Å². The van der Waals surface area contributed by atoms with Crippen LogP contribution >= 0.6 is 0 Å². The molecule has 86 valence electrons. The summed E-state index contributed by atoms with van der Waals surface area (Å²) < 4.78 is 5.71. The Labute approximate surface area is 99.2 Å². The fourth-order valence-electron chi connectivity index (χ4n) is 2.23. The van der Waals surface area contributed by atoms with Gasteiger partial charge in [0.25, 0.3) is 0 Å². The van der Waals surface area contributed by atoms with Gasteiger partial charge in [-0.05, 0) is 30.6 Å². The normalized spacial score (nSPS) is 17.6. The van der Waals surface area contributed by atoms with E-state index in [9.17, 15) is 0 Å². The van der Waals surface area contributed by atoms with Crippen LogP contribution in [0.4, 0.5) is 0 Å². The van der Waals surface area contributed by atoms with Gasteiger partial charge in [-0.3, -0.25) is 0 Å². The Hall–Kier alpha value is -1.02. The van der Waals surface area contributed by atoms with E-state index in [-0.39, 0.29) is 0 Å². The molecule has 0 N–H and O–H groups in total. The van der Waals surface area contributed by atoms with Gasteiger partial charge in [0.05, 0.1) is 14.7 Å². The highest BCUT2D eigenvalue weighted by atomic mass is 28.3. The van der Waals surface area contributed by atoms with Crippen LogP contribution in [0.3, 0.4) is 0 Å². The van der Waals surface area contributed by atoms with Crippen molar-refractivity contribution in [2.45, 2.75) is 31.1 Å². The monoisotopic (exact) mass is 232 g/mol. The molecule has 0 spiro atoms. The molecule has 0 atom stereocenters. The van der Waals surface area contributed by atoms with E-state index >= 15 is 0 Å². The second kappa shape index (κ2) is 5.35. The number of hydrogen-bond donors (Lipinski definition) is 0. The average molecular weight is 232 g/mol. The zero-order chi connectivity index (χ0) is 11.3. The molecule has 2 rings (SSSR count). The zero-order valence-electron chi connectivity index (χ0n) is 9.99. The molecule has 0 bridgehead atoms. The first kappa shape index (κ1) is 11.5. The highest BCUT2D eigenvalue weighted by molar-refractivity contribution is 6.80. The molecule has 1 aliphatic rings. The van der Waals surface area contributed by atoms with Gasteiger partial charge in [-0.2, -0.15) is 0 Å². The Morgan fingerprint density at radius 3 is 2.50 bits per heavy atom. The van der Waals surface area contributed by atoms with Gasteiger partial charge >= 0.3 is 0 Å². The lowest BCUT2D eigenvalue weighted by Crippen LogP contribution is -2.25. The molecule has 0 saturated heterocycles. The summed E-state index contributed by atoms with van der Waals surface area (Å²) >= 11 is 0. The van der Waals surface area contributed by atoms with Gasteiger partial charge in [0, 0.05) is 0 Å². The van der Waals surface area contributed by atoms with Crippen molar-refractivity contribution in [1.29, 1.82) is 0 Å². The average Bonchev–Trinajstić information content (AvgIpc) is 2.74. The van der Waals surface area contributed by atoms with Gasteiger partial charge in [-0.15, -0.1) is 0 Å². The van der Waals surface area contributed by atoms with Crippen LogP contribution in [0.25, 0.3) is 0 Å². The summed E-state index contributed by atoms with van der Waals surface area (Å²) in [5.41, 5.74) is 0. The molecular formula is C14H20OSi. The van der Waals surface area contributed by atoms with Crippen molar-refractivity contribution >= 4 is 8.07 Å². The molecule has 1 nitrogen and oxygen atoms in total. The third-order valence-corrected chi connectivity index (χ3v) is 7.33. The first-order valence-corrected chi connectivity index (χ1v) is 9.24. The summed E-state index contributed by atoms with van der Waals surface area (Å²) in [4.78, 5) is 0. The molecule has 0 fully saturated rings. The van der Waals surface area contributed by atoms with Crippen molar-refractivity contribution in [3.05, 3.63) is 42.5 Å². The van der Waals surface area contributed by atoms with E-state index in [1.165, 1.54) is 24.6 Å². The van der Waals surface area contributed by atoms with E-state index in [0.29, 0.717) is 0 Å². The minimum Gasteiger partial charge on any atom is -0.494 e. The van der Waals surface area contributed by atoms with Crippen molar-refractivity contribution < 1.29 is 4.74 Å². The van der Waals surface area contributed by atoms with E-state index in [4.69, 9.17) is 4.74 Å². The van der Waals surface area contributed by atoms with Crippen LogP contribution in [0.1, 0.15) is 6.42 Å². The smallest absolute Gasteiger partial charge is 0.119 e. The number of hydrogen-bond acceptors (Lipinski definition) is 1. The lowest BCUT2D eigenvalue weighted by atomic mass is 10.3. The van der Waals surface area contributed by atoms with Crippen LogP contribution in [0.15, 0.2) is 42.5 Å². The van der Waals surface area contributed by atoms with E-state index in [2.05, 4.69) is 18.7 Å². The van der Waals surface area contributed by atoms with Gasteiger partial charge in [0.2, 0.25) is 0 Å². The molecule has 1 aromatic rings. The standard InChI is InChI=1S/C14H20OSi/c1-16(11-5-6-12-16)13-7-10-15-14-8-3-2-4-9-14/h2-6,8-9H,7,10-13H2,1H3. The van der Waals surface area contributed by atoms with Gasteiger partial charge in [-0.1, -0.05) is 42.9 Å². The number of para-hydroxylation sites is 1. The second-order valence-electron chi connectivity index (χ2n) is 4.96.